The van der Waals surface area contributed by atoms with Crippen molar-refractivity contribution < 1.29 is 9.59 Å². The Balaban J connectivity index is 1.32. The molecule has 5 rings (SSSR count). The monoisotopic (exact) mass is 393 g/mol. The first-order valence-electron chi connectivity index (χ1n) is 9.29. The van der Waals surface area contributed by atoms with Gasteiger partial charge in [-0.25, -0.2) is 0 Å². The first kappa shape index (κ1) is 17.1. The fraction of sp³-hybridized carbons (Fsp3) is 0.300. The fourth-order valence-corrected chi connectivity index (χ4v) is 4.76. The van der Waals surface area contributed by atoms with Gasteiger partial charge in [0.2, 0.25) is 5.82 Å². The second-order valence-electron chi connectivity index (χ2n) is 7.32. The third kappa shape index (κ3) is 2.99. The number of anilines is 1. The van der Waals surface area contributed by atoms with Crippen LogP contribution in [0.5, 0.6) is 0 Å². The maximum absolute atomic E-state index is 12.7. The molecule has 3 aromatic rings. The number of hydrogen-bond acceptors (Lipinski definition) is 5. The predicted octanol–water partition coefficient (Wildman–Crippen LogP) is 2.54. The topological polar surface area (TPSA) is 80.1 Å². The third-order valence-electron chi connectivity index (χ3n) is 5.56. The van der Waals surface area contributed by atoms with Crippen LogP contribution in [0.2, 0.25) is 0 Å². The van der Waals surface area contributed by atoms with Crippen LogP contribution in [0, 0.1) is 11.8 Å². The van der Waals surface area contributed by atoms with Gasteiger partial charge in [-0.05, 0) is 35.4 Å². The molecular weight excluding hydrogens is 374 g/mol. The van der Waals surface area contributed by atoms with Crippen molar-refractivity contribution in [1.82, 2.24) is 19.7 Å². The molecule has 2 aliphatic rings. The number of benzene rings is 1. The molecule has 0 radical (unpaired) electrons. The second kappa shape index (κ2) is 6.87. The van der Waals surface area contributed by atoms with Gasteiger partial charge in [-0.3, -0.25) is 9.59 Å². The quantitative estimate of drug-likeness (QED) is 0.742. The van der Waals surface area contributed by atoms with Crippen LogP contribution in [0.3, 0.4) is 0 Å². The van der Waals surface area contributed by atoms with E-state index in [4.69, 9.17) is 0 Å². The Labute approximate surface area is 166 Å². The van der Waals surface area contributed by atoms with E-state index in [0.717, 1.165) is 30.0 Å². The summed E-state index contributed by atoms with van der Waals surface area (Å²) < 4.78 is 1.91. The standard InChI is InChI=1S/C20H19N5O2S/c26-19(21-16-4-2-1-3-5-16)18-23-22-17-8-14-9-24(10-15(14)11-25(17)18)20(27)13-6-7-28-12-13/h1-7,12,14-15H,8-11H2,(H,21,26)/t14-,15+/m0/s1. The number of hydrogen-bond donors (Lipinski definition) is 1. The van der Waals surface area contributed by atoms with Gasteiger partial charge in [0, 0.05) is 37.1 Å². The lowest BCUT2D eigenvalue weighted by molar-refractivity contribution is 0.0783. The highest BCUT2D eigenvalue weighted by molar-refractivity contribution is 7.08. The van der Waals surface area contributed by atoms with Crippen molar-refractivity contribution >= 4 is 28.8 Å². The van der Waals surface area contributed by atoms with Gasteiger partial charge < -0.3 is 14.8 Å². The SMILES string of the molecule is O=C(Nc1ccccc1)c1nnc2n1C[C@H]1CN(C(=O)c3ccsc3)C[C@@H]1C2. The van der Waals surface area contributed by atoms with E-state index in [2.05, 4.69) is 15.5 Å². The Kier molecular flexibility index (Phi) is 4.20. The van der Waals surface area contributed by atoms with E-state index in [1.807, 2.05) is 56.6 Å². The number of carbonyl (C=O) groups is 2. The summed E-state index contributed by atoms with van der Waals surface area (Å²) in [6, 6.07) is 11.2. The Morgan fingerprint density at radius 1 is 1.04 bits per heavy atom. The lowest BCUT2D eigenvalue weighted by Crippen LogP contribution is -2.31. The summed E-state index contributed by atoms with van der Waals surface area (Å²) in [6.45, 7) is 2.10. The Morgan fingerprint density at radius 3 is 2.64 bits per heavy atom. The van der Waals surface area contributed by atoms with Crippen LogP contribution in [0.25, 0.3) is 0 Å². The van der Waals surface area contributed by atoms with Gasteiger partial charge in [-0.1, -0.05) is 18.2 Å². The minimum Gasteiger partial charge on any atom is -0.338 e. The van der Waals surface area contributed by atoms with Gasteiger partial charge in [-0.15, -0.1) is 10.2 Å². The van der Waals surface area contributed by atoms with Crippen molar-refractivity contribution in [3.63, 3.8) is 0 Å². The molecule has 1 fully saturated rings. The number of carbonyl (C=O) groups excluding carboxylic acids is 2. The van der Waals surface area contributed by atoms with Gasteiger partial charge in [0.25, 0.3) is 11.8 Å². The van der Waals surface area contributed by atoms with Crippen molar-refractivity contribution in [2.45, 2.75) is 13.0 Å². The summed E-state index contributed by atoms with van der Waals surface area (Å²) in [5.74, 6) is 1.67. The number of likely N-dealkylation sites (tertiary alicyclic amines) is 1. The maximum Gasteiger partial charge on any atom is 0.293 e. The lowest BCUT2D eigenvalue weighted by atomic mass is 9.89. The lowest BCUT2D eigenvalue weighted by Gasteiger charge is -2.25. The number of thiophene rings is 1. The minimum absolute atomic E-state index is 0.0912. The average molecular weight is 393 g/mol. The number of fused-ring (bicyclic) bond motifs is 2. The summed E-state index contributed by atoms with van der Waals surface area (Å²) in [5, 5.41) is 15.1. The van der Waals surface area contributed by atoms with E-state index >= 15 is 0 Å². The van der Waals surface area contributed by atoms with Crippen LogP contribution in [0.15, 0.2) is 47.2 Å². The Morgan fingerprint density at radius 2 is 1.86 bits per heavy atom. The van der Waals surface area contributed by atoms with E-state index in [1.54, 1.807) is 0 Å². The highest BCUT2D eigenvalue weighted by Gasteiger charge is 2.40. The number of amides is 2. The molecule has 142 valence electrons. The van der Waals surface area contributed by atoms with Crippen LogP contribution in [-0.2, 0) is 13.0 Å². The van der Waals surface area contributed by atoms with E-state index in [1.165, 1.54) is 11.3 Å². The highest BCUT2D eigenvalue weighted by Crippen LogP contribution is 2.33. The van der Waals surface area contributed by atoms with Gasteiger partial charge in [0.05, 0.1) is 5.56 Å². The van der Waals surface area contributed by atoms with E-state index in [-0.39, 0.29) is 11.8 Å². The minimum atomic E-state index is -0.257. The number of para-hydroxylation sites is 1. The molecule has 2 aromatic heterocycles. The zero-order chi connectivity index (χ0) is 19.1. The van der Waals surface area contributed by atoms with Crippen LogP contribution in [-0.4, -0.2) is 44.6 Å². The molecule has 0 unspecified atom stereocenters. The first-order chi connectivity index (χ1) is 13.7. The molecule has 2 amide bonds. The molecule has 7 nitrogen and oxygen atoms in total. The van der Waals surface area contributed by atoms with Crippen molar-refractivity contribution in [2.24, 2.45) is 11.8 Å². The molecule has 4 heterocycles. The summed E-state index contributed by atoms with van der Waals surface area (Å²) >= 11 is 1.53. The molecule has 0 spiro atoms. The zero-order valence-electron chi connectivity index (χ0n) is 15.1. The maximum atomic E-state index is 12.7. The molecule has 1 N–H and O–H groups in total. The van der Waals surface area contributed by atoms with E-state index in [9.17, 15) is 9.59 Å². The summed E-state index contributed by atoms with van der Waals surface area (Å²) in [7, 11) is 0. The molecule has 1 aromatic carbocycles. The van der Waals surface area contributed by atoms with Crippen molar-refractivity contribution in [1.29, 1.82) is 0 Å². The Bertz CT molecular complexity index is 1010. The van der Waals surface area contributed by atoms with Crippen molar-refractivity contribution in [3.8, 4) is 0 Å². The molecule has 2 aliphatic heterocycles. The molecule has 0 aliphatic carbocycles. The molecule has 0 saturated carbocycles. The molecule has 0 bridgehead atoms. The van der Waals surface area contributed by atoms with Crippen molar-refractivity contribution in [2.75, 3.05) is 18.4 Å². The molecule has 1 saturated heterocycles. The number of rotatable bonds is 3. The predicted molar refractivity (Wildman–Crippen MR) is 105 cm³/mol. The van der Waals surface area contributed by atoms with E-state index in [0.29, 0.717) is 30.7 Å². The molecular formula is C20H19N5O2S. The summed E-state index contributed by atoms with van der Waals surface area (Å²) in [4.78, 5) is 27.3. The normalized spacial score (nSPS) is 20.5. The summed E-state index contributed by atoms with van der Waals surface area (Å²) in [6.07, 6.45) is 0.740. The van der Waals surface area contributed by atoms with Crippen LogP contribution in [0.4, 0.5) is 5.69 Å². The first-order valence-corrected chi connectivity index (χ1v) is 10.2. The van der Waals surface area contributed by atoms with Gasteiger partial charge >= 0.3 is 0 Å². The molecule has 2 atom stereocenters. The van der Waals surface area contributed by atoms with Crippen LogP contribution < -0.4 is 5.32 Å². The van der Waals surface area contributed by atoms with E-state index < -0.39 is 0 Å². The van der Waals surface area contributed by atoms with Crippen molar-refractivity contribution in [3.05, 3.63) is 64.4 Å². The third-order valence-corrected chi connectivity index (χ3v) is 6.24. The number of nitrogens with one attached hydrogen (secondary N) is 1. The Hall–Kier alpha value is -3.00. The largest absolute Gasteiger partial charge is 0.338 e. The molecule has 28 heavy (non-hydrogen) atoms. The van der Waals surface area contributed by atoms with Crippen LogP contribution >= 0.6 is 11.3 Å². The van der Waals surface area contributed by atoms with Gasteiger partial charge in [0.1, 0.15) is 5.82 Å². The van der Waals surface area contributed by atoms with Gasteiger partial charge in [-0.2, -0.15) is 11.3 Å². The second-order valence-corrected chi connectivity index (χ2v) is 8.10. The smallest absolute Gasteiger partial charge is 0.293 e. The number of nitrogens with zero attached hydrogens (tertiary/aromatic N) is 4. The molecule has 8 heteroatoms. The fourth-order valence-electron chi connectivity index (χ4n) is 4.14. The average Bonchev–Trinajstić information content (AvgIpc) is 3.45. The van der Waals surface area contributed by atoms with Gasteiger partial charge in [0.15, 0.2) is 0 Å². The highest BCUT2D eigenvalue weighted by atomic mass is 32.1. The number of aromatic nitrogens is 3. The summed E-state index contributed by atoms with van der Waals surface area (Å²) in [5.41, 5.74) is 1.48. The zero-order valence-corrected chi connectivity index (χ0v) is 15.9. The van der Waals surface area contributed by atoms with Crippen LogP contribution in [0.1, 0.15) is 26.8 Å².